The average molecular weight is 256 g/mol. The second-order valence-corrected chi connectivity index (χ2v) is 5.24. The number of Topliss-reactive ketones (excluding diaryl/α,β-unsaturated/α-hetero) is 1. The fourth-order valence-electron chi connectivity index (χ4n) is 2.40. The van der Waals surface area contributed by atoms with E-state index in [1.54, 1.807) is 6.07 Å². The van der Waals surface area contributed by atoms with Crippen molar-refractivity contribution in [1.29, 1.82) is 0 Å². The predicted molar refractivity (Wildman–Crippen MR) is 76.9 cm³/mol. The van der Waals surface area contributed by atoms with E-state index in [0.29, 0.717) is 5.76 Å². The van der Waals surface area contributed by atoms with Gasteiger partial charge in [-0.2, -0.15) is 0 Å². The monoisotopic (exact) mass is 256 g/mol. The van der Waals surface area contributed by atoms with E-state index < -0.39 is 0 Å². The molecule has 0 unspecified atom stereocenters. The Morgan fingerprint density at radius 2 is 1.63 bits per heavy atom. The van der Waals surface area contributed by atoms with Gasteiger partial charge in [-0.1, -0.05) is 6.07 Å². The molecule has 0 bridgehead atoms. The van der Waals surface area contributed by atoms with Crippen molar-refractivity contribution in [3.63, 3.8) is 0 Å². The molecule has 0 atom stereocenters. The van der Waals surface area contributed by atoms with Crippen LogP contribution in [0.2, 0.25) is 0 Å². The Labute approximate surface area is 114 Å². The van der Waals surface area contributed by atoms with Crippen LogP contribution in [-0.4, -0.2) is 5.78 Å². The van der Waals surface area contributed by atoms with Crippen molar-refractivity contribution in [2.45, 2.75) is 41.0 Å². The van der Waals surface area contributed by atoms with Crippen molar-refractivity contribution in [3.8, 4) is 0 Å². The molecule has 0 saturated heterocycles. The van der Waals surface area contributed by atoms with E-state index in [1.165, 1.54) is 34.7 Å². The molecule has 0 aliphatic carbocycles. The summed E-state index contributed by atoms with van der Waals surface area (Å²) < 4.78 is 5.59. The summed E-state index contributed by atoms with van der Waals surface area (Å²) in [6, 6.07) is 5.87. The fourth-order valence-corrected chi connectivity index (χ4v) is 2.40. The van der Waals surface area contributed by atoms with Gasteiger partial charge < -0.3 is 4.42 Å². The summed E-state index contributed by atoms with van der Waals surface area (Å²) in [5, 5.41) is 0. The van der Waals surface area contributed by atoms with Gasteiger partial charge in [0, 0.05) is 13.3 Å². The van der Waals surface area contributed by atoms with Crippen LogP contribution in [0.4, 0.5) is 0 Å². The van der Waals surface area contributed by atoms with E-state index >= 15 is 0 Å². The number of rotatable bonds is 3. The highest BCUT2D eigenvalue weighted by molar-refractivity contribution is 5.91. The quantitative estimate of drug-likeness (QED) is 0.766. The molecule has 2 heteroatoms. The zero-order valence-corrected chi connectivity index (χ0v) is 12.3. The minimum Gasteiger partial charge on any atom is -0.458 e. The van der Waals surface area contributed by atoms with Crippen molar-refractivity contribution in [3.05, 3.63) is 57.5 Å². The minimum atomic E-state index is -0.0277. The first-order valence-corrected chi connectivity index (χ1v) is 6.56. The van der Waals surface area contributed by atoms with Crippen molar-refractivity contribution >= 4 is 5.78 Å². The molecule has 0 N–H and O–H groups in total. The molecular formula is C17H20O2. The Morgan fingerprint density at radius 1 is 1.05 bits per heavy atom. The van der Waals surface area contributed by atoms with Crippen molar-refractivity contribution in [2.75, 3.05) is 0 Å². The summed E-state index contributed by atoms with van der Waals surface area (Å²) in [6.07, 6.45) is 0.744. The molecule has 0 amide bonds. The maximum absolute atomic E-state index is 11.3. The third-order valence-corrected chi connectivity index (χ3v) is 3.88. The Bertz CT molecular complexity index is 607. The first-order chi connectivity index (χ1) is 8.90. The van der Waals surface area contributed by atoms with E-state index in [4.69, 9.17) is 4.42 Å². The molecule has 0 fully saturated rings. The summed E-state index contributed by atoms with van der Waals surface area (Å²) in [7, 11) is 0. The fraction of sp³-hybridized carbons (Fsp3) is 0.353. The number of benzene rings is 1. The second kappa shape index (κ2) is 5.04. The van der Waals surface area contributed by atoms with Crippen LogP contribution in [0.25, 0.3) is 0 Å². The number of furan rings is 1. The van der Waals surface area contributed by atoms with Crippen LogP contribution in [0.1, 0.15) is 51.1 Å². The minimum absolute atomic E-state index is 0.0277. The standard InChI is InChI=1S/C17H20O2/c1-10-8-11(2)13(4)16(12(10)3)9-15-6-7-17(19-15)14(5)18/h6-8H,9H2,1-5H3. The molecule has 0 saturated carbocycles. The van der Waals surface area contributed by atoms with E-state index in [9.17, 15) is 4.79 Å². The van der Waals surface area contributed by atoms with Gasteiger partial charge in [-0.05, 0) is 67.6 Å². The van der Waals surface area contributed by atoms with Gasteiger partial charge >= 0.3 is 0 Å². The Balaban J connectivity index is 2.40. The van der Waals surface area contributed by atoms with Crippen LogP contribution in [0.15, 0.2) is 22.6 Å². The highest BCUT2D eigenvalue weighted by Crippen LogP contribution is 2.25. The van der Waals surface area contributed by atoms with Crippen LogP contribution in [0.5, 0.6) is 0 Å². The number of carbonyl (C=O) groups excluding carboxylic acids is 1. The molecule has 19 heavy (non-hydrogen) atoms. The zero-order valence-electron chi connectivity index (χ0n) is 12.3. The molecular weight excluding hydrogens is 236 g/mol. The van der Waals surface area contributed by atoms with E-state index in [-0.39, 0.29) is 5.78 Å². The predicted octanol–water partition coefficient (Wildman–Crippen LogP) is 4.31. The third kappa shape index (κ3) is 2.62. The molecule has 2 nitrogen and oxygen atoms in total. The maximum atomic E-state index is 11.3. The molecule has 0 aliphatic rings. The number of hydrogen-bond acceptors (Lipinski definition) is 2. The Hall–Kier alpha value is -1.83. The van der Waals surface area contributed by atoms with E-state index in [2.05, 4.69) is 33.8 Å². The first-order valence-electron chi connectivity index (χ1n) is 6.56. The number of hydrogen-bond donors (Lipinski definition) is 0. The third-order valence-electron chi connectivity index (χ3n) is 3.88. The summed E-state index contributed by atoms with van der Waals surface area (Å²) in [4.78, 5) is 11.3. The molecule has 2 rings (SSSR count). The smallest absolute Gasteiger partial charge is 0.194 e. The van der Waals surface area contributed by atoms with E-state index in [1.807, 2.05) is 6.07 Å². The Morgan fingerprint density at radius 3 is 2.11 bits per heavy atom. The molecule has 2 aromatic rings. The summed E-state index contributed by atoms with van der Waals surface area (Å²) in [5.74, 6) is 1.26. The second-order valence-electron chi connectivity index (χ2n) is 5.24. The summed E-state index contributed by atoms with van der Waals surface area (Å²) >= 11 is 0. The summed E-state index contributed by atoms with van der Waals surface area (Å²) in [6.45, 7) is 10.1. The lowest BCUT2D eigenvalue weighted by molar-refractivity contribution is 0.0985. The van der Waals surface area contributed by atoms with Gasteiger partial charge in [0.25, 0.3) is 0 Å². The molecule has 0 spiro atoms. The van der Waals surface area contributed by atoms with Crippen LogP contribution in [0, 0.1) is 27.7 Å². The summed E-state index contributed by atoms with van der Waals surface area (Å²) in [5.41, 5.74) is 6.53. The lowest BCUT2D eigenvalue weighted by atomic mass is 9.92. The van der Waals surface area contributed by atoms with Crippen LogP contribution in [-0.2, 0) is 6.42 Å². The SMILES string of the molecule is CC(=O)c1ccc(Cc2c(C)c(C)cc(C)c2C)o1. The van der Waals surface area contributed by atoms with Gasteiger partial charge in [0.1, 0.15) is 5.76 Å². The van der Waals surface area contributed by atoms with Crippen LogP contribution in [0.3, 0.4) is 0 Å². The lowest BCUT2D eigenvalue weighted by Crippen LogP contribution is -2.00. The normalized spacial score (nSPS) is 10.8. The van der Waals surface area contributed by atoms with Crippen molar-refractivity contribution in [2.24, 2.45) is 0 Å². The van der Waals surface area contributed by atoms with E-state index in [0.717, 1.165) is 12.2 Å². The van der Waals surface area contributed by atoms with Gasteiger partial charge in [-0.25, -0.2) is 0 Å². The van der Waals surface area contributed by atoms with Gasteiger partial charge in [0.05, 0.1) is 0 Å². The number of carbonyl (C=O) groups is 1. The first kappa shape index (κ1) is 13.6. The van der Waals surface area contributed by atoms with Crippen molar-refractivity contribution < 1.29 is 9.21 Å². The highest BCUT2D eigenvalue weighted by atomic mass is 16.3. The Kier molecular flexibility index (Phi) is 3.61. The molecule has 0 aliphatic heterocycles. The number of aryl methyl sites for hydroxylation is 2. The van der Waals surface area contributed by atoms with Crippen LogP contribution >= 0.6 is 0 Å². The zero-order chi connectivity index (χ0) is 14.2. The molecule has 100 valence electrons. The molecule has 1 heterocycles. The van der Waals surface area contributed by atoms with Gasteiger partial charge in [-0.3, -0.25) is 4.79 Å². The molecule has 1 aromatic heterocycles. The maximum Gasteiger partial charge on any atom is 0.194 e. The largest absolute Gasteiger partial charge is 0.458 e. The van der Waals surface area contributed by atoms with Gasteiger partial charge in [0.15, 0.2) is 11.5 Å². The van der Waals surface area contributed by atoms with Gasteiger partial charge in [-0.15, -0.1) is 0 Å². The molecule has 1 aromatic carbocycles. The van der Waals surface area contributed by atoms with Gasteiger partial charge in [0.2, 0.25) is 0 Å². The lowest BCUT2D eigenvalue weighted by Gasteiger charge is -2.14. The van der Waals surface area contributed by atoms with Crippen molar-refractivity contribution in [1.82, 2.24) is 0 Å². The topological polar surface area (TPSA) is 30.2 Å². The molecule has 0 radical (unpaired) electrons. The number of ketones is 1. The highest BCUT2D eigenvalue weighted by Gasteiger charge is 2.12. The average Bonchev–Trinajstić information content (AvgIpc) is 2.81. The van der Waals surface area contributed by atoms with Crippen LogP contribution < -0.4 is 0 Å².